The molecule has 1 rings (SSSR count). The highest BCUT2D eigenvalue weighted by atomic mass is 32.2. The zero-order valence-electron chi connectivity index (χ0n) is 8.11. The third-order valence-corrected chi connectivity index (χ3v) is 3.62. The summed E-state index contributed by atoms with van der Waals surface area (Å²) in [6.07, 6.45) is 1.81. The summed E-state index contributed by atoms with van der Waals surface area (Å²) in [5.41, 5.74) is 0. The Morgan fingerprint density at radius 1 is 1.36 bits per heavy atom. The van der Waals surface area contributed by atoms with E-state index in [1.807, 2.05) is 0 Å². The van der Waals surface area contributed by atoms with Crippen LogP contribution in [0.25, 0.3) is 0 Å². The van der Waals surface area contributed by atoms with Crippen LogP contribution in [0.3, 0.4) is 0 Å². The van der Waals surface area contributed by atoms with Crippen molar-refractivity contribution in [2.24, 2.45) is 5.92 Å². The normalized spacial score (nSPS) is 19.8. The minimum Gasteiger partial charge on any atom is -0.395 e. The van der Waals surface area contributed by atoms with Gasteiger partial charge in [0.05, 0.1) is 12.4 Å². The van der Waals surface area contributed by atoms with Crippen LogP contribution in [0, 0.1) is 5.92 Å². The SMILES string of the molecule is O=S(=O)(CCO)NCC1CCOCC1. The summed E-state index contributed by atoms with van der Waals surface area (Å²) in [6.45, 7) is 1.56. The molecule has 0 aromatic rings. The molecule has 14 heavy (non-hydrogen) atoms. The quantitative estimate of drug-likeness (QED) is 0.648. The largest absolute Gasteiger partial charge is 0.395 e. The maximum Gasteiger partial charge on any atom is 0.213 e. The third kappa shape index (κ3) is 4.36. The summed E-state index contributed by atoms with van der Waals surface area (Å²) in [7, 11) is -3.27. The summed E-state index contributed by atoms with van der Waals surface area (Å²) in [5.74, 6) is 0.160. The van der Waals surface area contributed by atoms with Crippen LogP contribution in [-0.4, -0.2) is 45.6 Å². The monoisotopic (exact) mass is 223 g/mol. The van der Waals surface area contributed by atoms with Gasteiger partial charge in [-0.15, -0.1) is 0 Å². The Bertz CT molecular complexity index is 246. The van der Waals surface area contributed by atoms with Gasteiger partial charge < -0.3 is 9.84 Å². The van der Waals surface area contributed by atoms with Gasteiger partial charge in [-0.1, -0.05) is 0 Å². The maximum atomic E-state index is 11.2. The van der Waals surface area contributed by atoms with Gasteiger partial charge in [0.25, 0.3) is 0 Å². The summed E-state index contributed by atoms with van der Waals surface area (Å²) < 4.78 is 30.0. The lowest BCUT2D eigenvalue weighted by atomic mass is 10.0. The molecule has 0 spiro atoms. The second-order valence-electron chi connectivity index (χ2n) is 3.45. The van der Waals surface area contributed by atoms with Crippen molar-refractivity contribution in [2.75, 3.05) is 32.1 Å². The molecule has 0 saturated carbocycles. The fourth-order valence-electron chi connectivity index (χ4n) is 1.39. The molecule has 1 saturated heterocycles. The fourth-order valence-corrected chi connectivity index (χ4v) is 2.26. The van der Waals surface area contributed by atoms with Gasteiger partial charge in [-0.05, 0) is 18.8 Å². The zero-order valence-corrected chi connectivity index (χ0v) is 8.92. The van der Waals surface area contributed by atoms with Crippen molar-refractivity contribution in [3.05, 3.63) is 0 Å². The van der Waals surface area contributed by atoms with Crippen molar-refractivity contribution >= 4 is 10.0 Å². The summed E-state index contributed by atoms with van der Waals surface area (Å²) >= 11 is 0. The Morgan fingerprint density at radius 2 is 2.00 bits per heavy atom. The molecule has 84 valence electrons. The smallest absolute Gasteiger partial charge is 0.213 e. The van der Waals surface area contributed by atoms with E-state index in [1.165, 1.54) is 0 Å². The molecule has 2 N–H and O–H groups in total. The summed E-state index contributed by atoms with van der Waals surface area (Å²) in [5, 5.41) is 8.50. The molecule has 0 radical (unpaired) electrons. The van der Waals surface area contributed by atoms with Gasteiger partial charge in [0, 0.05) is 19.8 Å². The predicted molar refractivity (Wildman–Crippen MR) is 52.4 cm³/mol. The van der Waals surface area contributed by atoms with E-state index in [9.17, 15) is 8.42 Å². The lowest BCUT2D eigenvalue weighted by Gasteiger charge is -2.21. The number of rotatable bonds is 5. The van der Waals surface area contributed by atoms with Crippen molar-refractivity contribution in [1.29, 1.82) is 0 Å². The minimum atomic E-state index is -3.27. The molecule has 1 fully saturated rings. The van der Waals surface area contributed by atoms with Gasteiger partial charge in [-0.3, -0.25) is 0 Å². The van der Waals surface area contributed by atoms with Gasteiger partial charge in [0.1, 0.15) is 0 Å². The molecule has 0 atom stereocenters. The van der Waals surface area contributed by atoms with Crippen LogP contribution in [0.15, 0.2) is 0 Å². The molecule has 0 bridgehead atoms. The molecule has 0 amide bonds. The third-order valence-electron chi connectivity index (χ3n) is 2.29. The molecular weight excluding hydrogens is 206 g/mol. The highest BCUT2D eigenvalue weighted by molar-refractivity contribution is 7.89. The Hall–Kier alpha value is -0.170. The fraction of sp³-hybridized carbons (Fsp3) is 1.00. The van der Waals surface area contributed by atoms with Crippen molar-refractivity contribution in [3.63, 3.8) is 0 Å². The highest BCUT2D eigenvalue weighted by Gasteiger charge is 2.16. The highest BCUT2D eigenvalue weighted by Crippen LogP contribution is 2.13. The van der Waals surface area contributed by atoms with Crippen LogP contribution in [0.1, 0.15) is 12.8 Å². The van der Waals surface area contributed by atoms with E-state index in [2.05, 4.69) is 4.72 Å². The van der Waals surface area contributed by atoms with Crippen LogP contribution in [0.2, 0.25) is 0 Å². The van der Waals surface area contributed by atoms with Gasteiger partial charge in [-0.2, -0.15) is 0 Å². The number of nitrogens with one attached hydrogen (secondary N) is 1. The number of aliphatic hydroxyl groups is 1. The average molecular weight is 223 g/mol. The van der Waals surface area contributed by atoms with E-state index in [-0.39, 0.29) is 12.4 Å². The molecule has 0 unspecified atom stereocenters. The Morgan fingerprint density at radius 3 is 2.57 bits per heavy atom. The molecule has 0 aromatic carbocycles. The number of aliphatic hydroxyl groups excluding tert-OH is 1. The van der Waals surface area contributed by atoms with E-state index < -0.39 is 10.0 Å². The maximum absolute atomic E-state index is 11.2. The first-order chi connectivity index (χ1) is 6.64. The predicted octanol–water partition coefficient (Wildman–Crippen LogP) is -0.675. The molecule has 6 heteroatoms. The summed E-state index contributed by atoms with van der Waals surface area (Å²) in [4.78, 5) is 0. The molecule has 1 heterocycles. The van der Waals surface area contributed by atoms with Gasteiger partial charge in [-0.25, -0.2) is 13.1 Å². The topological polar surface area (TPSA) is 75.6 Å². The Balaban J connectivity index is 2.24. The second kappa shape index (κ2) is 5.65. The first kappa shape index (κ1) is 11.9. The van der Waals surface area contributed by atoms with Crippen LogP contribution in [-0.2, 0) is 14.8 Å². The molecule has 1 aliphatic rings. The van der Waals surface area contributed by atoms with Crippen LogP contribution < -0.4 is 4.72 Å². The first-order valence-electron chi connectivity index (χ1n) is 4.80. The van der Waals surface area contributed by atoms with E-state index >= 15 is 0 Å². The first-order valence-corrected chi connectivity index (χ1v) is 6.45. The molecule has 1 aliphatic heterocycles. The number of sulfonamides is 1. The van der Waals surface area contributed by atoms with E-state index in [4.69, 9.17) is 9.84 Å². The van der Waals surface area contributed by atoms with Crippen LogP contribution >= 0.6 is 0 Å². The zero-order chi connectivity index (χ0) is 10.4. The van der Waals surface area contributed by atoms with E-state index in [0.29, 0.717) is 25.7 Å². The second-order valence-corrected chi connectivity index (χ2v) is 5.37. The Labute approximate surface area is 84.5 Å². The molecule has 0 aliphatic carbocycles. The van der Waals surface area contributed by atoms with Crippen LogP contribution in [0.5, 0.6) is 0 Å². The van der Waals surface area contributed by atoms with Crippen LogP contribution in [0.4, 0.5) is 0 Å². The van der Waals surface area contributed by atoms with Gasteiger partial charge >= 0.3 is 0 Å². The molecule has 5 nitrogen and oxygen atoms in total. The van der Waals surface area contributed by atoms with E-state index in [1.54, 1.807) is 0 Å². The summed E-state index contributed by atoms with van der Waals surface area (Å²) in [6, 6.07) is 0. The number of hydrogen-bond acceptors (Lipinski definition) is 4. The van der Waals surface area contributed by atoms with Crippen molar-refractivity contribution in [3.8, 4) is 0 Å². The lowest BCUT2D eigenvalue weighted by molar-refractivity contribution is 0.0678. The minimum absolute atomic E-state index is 0.212. The van der Waals surface area contributed by atoms with E-state index in [0.717, 1.165) is 12.8 Å². The van der Waals surface area contributed by atoms with Crippen molar-refractivity contribution in [2.45, 2.75) is 12.8 Å². The lowest BCUT2D eigenvalue weighted by Crippen LogP contribution is -2.34. The van der Waals surface area contributed by atoms with Crippen molar-refractivity contribution in [1.82, 2.24) is 4.72 Å². The Kier molecular flexibility index (Phi) is 4.80. The average Bonchev–Trinajstić information content (AvgIpc) is 2.17. The van der Waals surface area contributed by atoms with Crippen molar-refractivity contribution < 1.29 is 18.3 Å². The molecule has 0 aromatic heterocycles. The molecular formula is C8H17NO4S. The standard InChI is InChI=1S/C8H17NO4S/c10-3-6-14(11,12)9-7-8-1-4-13-5-2-8/h8-10H,1-7H2. The number of hydrogen-bond donors (Lipinski definition) is 2. The van der Waals surface area contributed by atoms with Gasteiger partial charge in [0.2, 0.25) is 10.0 Å². The van der Waals surface area contributed by atoms with Gasteiger partial charge in [0.15, 0.2) is 0 Å². The number of ether oxygens (including phenoxy) is 1.